The first-order valence-corrected chi connectivity index (χ1v) is 10.5. The van der Waals surface area contributed by atoms with Crippen LogP contribution in [0.3, 0.4) is 0 Å². The summed E-state index contributed by atoms with van der Waals surface area (Å²) in [6.07, 6.45) is 3.03. The Bertz CT molecular complexity index is 1110. The Morgan fingerprint density at radius 2 is 1.81 bits per heavy atom. The zero-order valence-electron chi connectivity index (χ0n) is 18.5. The van der Waals surface area contributed by atoms with Gasteiger partial charge >= 0.3 is 0 Å². The molecule has 0 aliphatic carbocycles. The molecular weight excluding hydrogens is 410 g/mol. The first-order valence-electron chi connectivity index (χ1n) is 10.5. The lowest BCUT2D eigenvalue weighted by Crippen LogP contribution is -2.29. The van der Waals surface area contributed by atoms with Gasteiger partial charge < -0.3 is 18.8 Å². The largest absolute Gasteiger partial charge is 0.493 e. The molecule has 1 aromatic heterocycles. The van der Waals surface area contributed by atoms with Crippen LogP contribution in [0.2, 0.25) is 0 Å². The average molecular weight is 437 g/mol. The van der Waals surface area contributed by atoms with Crippen molar-refractivity contribution >= 4 is 5.69 Å². The summed E-state index contributed by atoms with van der Waals surface area (Å²) in [6.45, 7) is 2.31. The van der Waals surface area contributed by atoms with E-state index in [0.29, 0.717) is 23.8 Å². The first kappa shape index (κ1) is 21.7. The predicted molar refractivity (Wildman–Crippen MR) is 120 cm³/mol. The van der Waals surface area contributed by atoms with Crippen LogP contribution in [0.1, 0.15) is 29.3 Å². The zero-order chi connectivity index (χ0) is 22.7. The lowest BCUT2D eigenvalue weighted by atomic mass is 10.00. The quantitative estimate of drug-likeness (QED) is 0.402. The highest BCUT2D eigenvalue weighted by molar-refractivity contribution is 5.56. The van der Waals surface area contributed by atoms with Gasteiger partial charge in [-0.25, -0.2) is 0 Å². The molecular formula is C24H27N3O5. The van der Waals surface area contributed by atoms with E-state index in [-0.39, 0.29) is 16.7 Å². The van der Waals surface area contributed by atoms with Crippen molar-refractivity contribution in [3.05, 3.63) is 81.7 Å². The van der Waals surface area contributed by atoms with E-state index in [1.165, 1.54) is 6.07 Å². The number of hydrogen-bond donors (Lipinski definition) is 0. The van der Waals surface area contributed by atoms with E-state index >= 15 is 0 Å². The Labute approximate surface area is 187 Å². The minimum absolute atomic E-state index is 0.0912. The Balaban J connectivity index is 1.79. The van der Waals surface area contributed by atoms with Crippen molar-refractivity contribution in [2.45, 2.75) is 25.6 Å². The molecule has 8 nitrogen and oxygen atoms in total. The highest BCUT2D eigenvalue weighted by Crippen LogP contribution is 2.42. The molecule has 0 spiro atoms. The van der Waals surface area contributed by atoms with Crippen molar-refractivity contribution in [2.24, 2.45) is 0 Å². The summed E-state index contributed by atoms with van der Waals surface area (Å²) in [6, 6.07) is 14.7. The highest BCUT2D eigenvalue weighted by Gasteiger charge is 2.30. The monoisotopic (exact) mass is 437 g/mol. The summed E-state index contributed by atoms with van der Waals surface area (Å²) in [5.41, 5.74) is 3.05. The number of nitrogens with zero attached hydrogens (tertiary/aromatic N) is 3. The van der Waals surface area contributed by atoms with Crippen LogP contribution in [0.25, 0.3) is 0 Å². The van der Waals surface area contributed by atoms with Crippen LogP contribution >= 0.6 is 0 Å². The van der Waals surface area contributed by atoms with E-state index in [1.54, 1.807) is 33.5 Å². The Hall–Kier alpha value is -3.52. The lowest BCUT2D eigenvalue weighted by molar-refractivity contribution is -0.384. The summed E-state index contributed by atoms with van der Waals surface area (Å²) < 4.78 is 18.9. The number of rotatable bonds is 7. The van der Waals surface area contributed by atoms with Crippen LogP contribution in [0.5, 0.6) is 17.2 Å². The number of nitro groups is 1. The fourth-order valence-corrected chi connectivity index (χ4v) is 4.51. The van der Waals surface area contributed by atoms with Gasteiger partial charge in [-0.05, 0) is 30.2 Å². The fourth-order valence-electron chi connectivity index (χ4n) is 4.51. The van der Waals surface area contributed by atoms with E-state index in [9.17, 15) is 10.1 Å². The number of hydrogen-bond acceptors (Lipinski definition) is 6. The van der Waals surface area contributed by atoms with Crippen LogP contribution in [-0.4, -0.2) is 42.3 Å². The predicted octanol–water partition coefficient (Wildman–Crippen LogP) is 4.42. The van der Waals surface area contributed by atoms with Gasteiger partial charge in [-0.2, -0.15) is 0 Å². The second-order valence-electron chi connectivity index (χ2n) is 7.70. The van der Waals surface area contributed by atoms with Gasteiger partial charge in [-0.15, -0.1) is 0 Å². The molecule has 0 radical (unpaired) electrons. The molecule has 1 aliphatic heterocycles. The van der Waals surface area contributed by atoms with Gasteiger partial charge in [-0.1, -0.05) is 18.2 Å². The standard InChI is InChI=1S/C24H27N3O5/c1-30-21-11-10-18(23(31-2)24(21)32-3)16-26-14-6-13-25-12-5-9-20(25)22(26)17-7-4-8-19(15-17)27(28)29/h4-5,7-12,15,22H,6,13-14,16H2,1-3H3. The van der Waals surface area contributed by atoms with Crippen molar-refractivity contribution in [1.29, 1.82) is 0 Å². The van der Waals surface area contributed by atoms with Crippen LogP contribution < -0.4 is 14.2 Å². The molecule has 2 aromatic carbocycles. The van der Waals surface area contributed by atoms with Crippen LogP contribution in [0.4, 0.5) is 5.69 Å². The topological polar surface area (TPSA) is 79.0 Å². The highest BCUT2D eigenvalue weighted by atomic mass is 16.6. The number of non-ortho nitro benzene ring substituents is 1. The molecule has 8 heteroatoms. The maximum Gasteiger partial charge on any atom is 0.269 e. The molecule has 0 amide bonds. The van der Waals surface area contributed by atoms with Gasteiger partial charge in [0.05, 0.1) is 32.3 Å². The Morgan fingerprint density at radius 3 is 2.53 bits per heavy atom. The number of nitro benzene ring substituents is 1. The molecule has 168 valence electrons. The molecule has 1 atom stereocenters. The number of aryl methyl sites for hydroxylation is 1. The molecule has 1 aliphatic rings. The number of aromatic nitrogens is 1. The number of fused-ring (bicyclic) bond motifs is 1. The van der Waals surface area contributed by atoms with Gasteiger partial charge in [-0.3, -0.25) is 15.0 Å². The molecule has 4 rings (SSSR count). The summed E-state index contributed by atoms with van der Waals surface area (Å²) in [5.74, 6) is 1.79. The molecule has 3 aromatic rings. The summed E-state index contributed by atoms with van der Waals surface area (Å²) in [5, 5.41) is 11.4. The SMILES string of the molecule is COc1ccc(CN2CCCn3cccc3C2c2cccc([N+](=O)[O-])c2)c(OC)c1OC. The number of methoxy groups -OCH3 is 3. The normalized spacial score (nSPS) is 16.2. The van der Waals surface area contributed by atoms with Crippen molar-refractivity contribution < 1.29 is 19.1 Å². The maximum absolute atomic E-state index is 11.4. The van der Waals surface area contributed by atoms with E-state index in [0.717, 1.165) is 36.3 Å². The minimum atomic E-state index is -0.346. The Morgan fingerprint density at radius 1 is 1.00 bits per heavy atom. The maximum atomic E-state index is 11.4. The van der Waals surface area contributed by atoms with Gasteiger partial charge in [0.1, 0.15) is 0 Å². The van der Waals surface area contributed by atoms with E-state index < -0.39 is 0 Å². The van der Waals surface area contributed by atoms with Crippen molar-refractivity contribution in [3.8, 4) is 17.2 Å². The molecule has 0 bridgehead atoms. The molecule has 2 heterocycles. The van der Waals surface area contributed by atoms with E-state index in [2.05, 4.69) is 21.7 Å². The summed E-state index contributed by atoms with van der Waals surface area (Å²) in [7, 11) is 4.81. The summed E-state index contributed by atoms with van der Waals surface area (Å²) in [4.78, 5) is 13.4. The van der Waals surface area contributed by atoms with Crippen molar-refractivity contribution in [1.82, 2.24) is 9.47 Å². The van der Waals surface area contributed by atoms with Crippen LogP contribution in [0, 0.1) is 10.1 Å². The molecule has 0 N–H and O–H groups in total. The van der Waals surface area contributed by atoms with Crippen LogP contribution in [-0.2, 0) is 13.1 Å². The third-order valence-corrected chi connectivity index (χ3v) is 5.91. The first-order chi connectivity index (χ1) is 15.6. The molecule has 0 fully saturated rings. The average Bonchev–Trinajstić information content (AvgIpc) is 3.19. The van der Waals surface area contributed by atoms with Crippen LogP contribution in [0.15, 0.2) is 54.7 Å². The van der Waals surface area contributed by atoms with Gasteiger partial charge in [0.2, 0.25) is 5.75 Å². The molecule has 0 saturated carbocycles. The van der Waals surface area contributed by atoms with Gasteiger partial charge in [0.25, 0.3) is 5.69 Å². The zero-order valence-corrected chi connectivity index (χ0v) is 18.5. The minimum Gasteiger partial charge on any atom is -0.493 e. The molecule has 1 unspecified atom stereocenters. The van der Waals surface area contributed by atoms with E-state index in [1.807, 2.05) is 24.3 Å². The third-order valence-electron chi connectivity index (χ3n) is 5.91. The van der Waals surface area contributed by atoms with Gasteiger partial charge in [0.15, 0.2) is 11.5 Å². The third kappa shape index (κ3) is 4.01. The number of ether oxygens (including phenoxy) is 3. The second kappa shape index (κ2) is 9.32. The van der Waals surface area contributed by atoms with Crippen molar-refractivity contribution in [2.75, 3.05) is 27.9 Å². The van der Waals surface area contributed by atoms with E-state index in [4.69, 9.17) is 14.2 Å². The summed E-state index contributed by atoms with van der Waals surface area (Å²) >= 11 is 0. The fraction of sp³-hybridized carbons (Fsp3) is 0.333. The molecule has 0 saturated heterocycles. The molecule has 32 heavy (non-hydrogen) atoms. The second-order valence-corrected chi connectivity index (χ2v) is 7.70. The van der Waals surface area contributed by atoms with Crippen molar-refractivity contribution in [3.63, 3.8) is 0 Å². The Kier molecular flexibility index (Phi) is 6.32. The lowest BCUT2D eigenvalue weighted by Gasteiger charge is -2.31. The number of benzene rings is 2. The smallest absolute Gasteiger partial charge is 0.269 e. The van der Waals surface area contributed by atoms with Gasteiger partial charge in [0, 0.05) is 49.2 Å².